The van der Waals surface area contributed by atoms with E-state index in [2.05, 4.69) is 4.98 Å². The molecule has 0 aliphatic carbocycles. The summed E-state index contributed by atoms with van der Waals surface area (Å²) in [6, 6.07) is 5.03. The molecule has 6 nitrogen and oxygen atoms in total. The van der Waals surface area contributed by atoms with Crippen LogP contribution < -0.4 is 0 Å². The Labute approximate surface area is 127 Å². The molecule has 1 atom stereocenters. The fourth-order valence-corrected chi connectivity index (χ4v) is 2.96. The number of carbonyl (C=O) groups excluding carboxylic acids is 1. The molecule has 2 aromatic rings. The largest absolute Gasteiger partial charge is 0.480 e. The van der Waals surface area contributed by atoms with Gasteiger partial charge >= 0.3 is 5.97 Å². The minimum Gasteiger partial charge on any atom is -0.480 e. The van der Waals surface area contributed by atoms with Gasteiger partial charge in [0.05, 0.1) is 19.6 Å². The normalized spacial score (nSPS) is 18.6. The second kappa shape index (κ2) is 5.81. The van der Waals surface area contributed by atoms with Crippen molar-refractivity contribution in [3.63, 3.8) is 0 Å². The van der Waals surface area contributed by atoms with Crippen LogP contribution in [0.25, 0.3) is 10.9 Å². The second-order valence-electron chi connectivity index (χ2n) is 5.50. The standard InChI is InChI=1S/C16H18N2O4/c1-10-3-2-4-12-15(10)11(8-17-12)7-14(19)18-5-6-22-9-13(18)16(20)21/h2-4,8,13,17H,5-7,9H2,1H3,(H,20,21)/t13-/m0/s1. The van der Waals surface area contributed by atoms with E-state index in [0.29, 0.717) is 13.2 Å². The summed E-state index contributed by atoms with van der Waals surface area (Å²) in [7, 11) is 0. The molecule has 2 heterocycles. The van der Waals surface area contributed by atoms with Crippen LogP contribution in [0, 0.1) is 6.92 Å². The lowest BCUT2D eigenvalue weighted by Crippen LogP contribution is -2.53. The summed E-state index contributed by atoms with van der Waals surface area (Å²) in [6.07, 6.45) is 2.01. The molecule has 1 aromatic heterocycles. The van der Waals surface area contributed by atoms with Crippen LogP contribution >= 0.6 is 0 Å². The van der Waals surface area contributed by atoms with Crippen molar-refractivity contribution in [2.24, 2.45) is 0 Å². The molecular weight excluding hydrogens is 284 g/mol. The third-order valence-corrected chi connectivity index (χ3v) is 4.07. The Morgan fingerprint density at radius 3 is 3.05 bits per heavy atom. The number of hydrogen-bond acceptors (Lipinski definition) is 3. The molecule has 1 aliphatic rings. The number of morpholine rings is 1. The number of fused-ring (bicyclic) bond motifs is 1. The molecule has 1 fully saturated rings. The average molecular weight is 302 g/mol. The van der Waals surface area contributed by atoms with Gasteiger partial charge < -0.3 is 19.7 Å². The van der Waals surface area contributed by atoms with Gasteiger partial charge in [0.2, 0.25) is 5.91 Å². The molecule has 0 spiro atoms. The number of benzene rings is 1. The Hall–Kier alpha value is -2.34. The lowest BCUT2D eigenvalue weighted by molar-refractivity contribution is -0.157. The number of carboxylic acid groups (broad SMARTS) is 1. The minimum atomic E-state index is -1.02. The monoisotopic (exact) mass is 302 g/mol. The highest BCUT2D eigenvalue weighted by Crippen LogP contribution is 2.23. The van der Waals surface area contributed by atoms with Gasteiger partial charge in [-0.1, -0.05) is 12.1 Å². The number of ether oxygens (including phenoxy) is 1. The van der Waals surface area contributed by atoms with Crippen LogP contribution in [-0.4, -0.2) is 52.7 Å². The summed E-state index contributed by atoms with van der Waals surface area (Å²) in [6.45, 7) is 2.74. The van der Waals surface area contributed by atoms with Crippen LogP contribution in [0.5, 0.6) is 0 Å². The number of nitrogens with one attached hydrogen (secondary N) is 1. The van der Waals surface area contributed by atoms with Crippen molar-refractivity contribution in [3.8, 4) is 0 Å². The van der Waals surface area contributed by atoms with Crippen LogP contribution in [0.1, 0.15) is 11.1 Å². The lowest BCUT2D eigenvalue weighted by atomic mass is 10.0. The summed E-state index contributed by atoms with van der Waals surface area (Å²) in [5, 5.41) is 10.3. The summed E-state index contributed by atoms with van der Waals surface area (Å²) >= 11 is 0. The Balaban J connectivity index is 1.85. The zero-order chi connectivity index (χ0) is 15.7. The van der Waals surface area contributed by atoms with Gasteiger partial charge in [-0.15, -0.1) is 0 Å². The Bertz CT molecular complexity index is 722. The van der Waals surface area contributed by atoms with E-state index in [-0.39, 0.29) is 18.9 Å². The predicted octanol–water partition coefficient (Wildman–Crippen LogP) is 1.33. The average Bonchev–Trinajstić information content (AvgIpc) is 2.91. The van der Waals surface area contributed by atoms with Gasteiger partial charge in [-0.2, -0.15) is 0 Å². The number of carbonyl (C=O) groups is 2. The van der Waals surface area contributed by atoms with Crippen molar-refractivity contribution < 1.29 is 19.4 Å². The third kappa shape index (κ3) is 2.57. The molecule has 1 saturated heterocycles. The molecule has 1 aromatic carbocycles. The van der Waals surface area contributed by atoms with Crippen molar-refractivity contribution in [1.82, 2.24) is 9.88 Å². The molecule has 1 amide bonds. The summed E-state index contributed by atoms with van der Waals surface area (Å²) in [5.74, 6) is -1.21. The maximum atomic E-state index is 12.5. The zero-order valence-electron chi connectivity index (χ0n) is 12.3. The number of rotatable bonds is 3. The molecule has 0 radical (unpaired) electrons. The van der Waals surface area contributed by atoms with Crippen LogP contribution in [0.2, 0.25) is 0 Å². The smallest absolute Gasteiger partial charge is 0.328 e. The molecule has 0 saturated carbocycles. The SMILES string of the molecule is Cc1cccc2[nH]cc(CC(=O)N3CCOC[C@H]3C(=O)O)c12. The van der Waals surface area contributed by atoms with Crippen molar-refractivity contribution in [2.45, 2.75) is 19.4 Å². The quantitative estimate of drug-likeness (QED) is 0.896. The third-order valence-electron chi connectivity index (χ3n) is 4.07. The summed E-state index contributed by atoms with van der Waals surface area (Å²) in [4.78, 5) is 28.4. The van der Waals surface area contributed by atoms with Crippen LogP contribution in [0.3, 0.4) is 0 Å². The maximum Gasteiger partial charge on any atom is 0.328 e. The molecule has 0 unspecified atom stereocenters. The highest BCUT2D eigenvalue weighted by Gasteiger charge is 2.32. The van der Waals surface area contributed by atoms with Gasteiger partial charge in [-0.25, -0.2) is 4.79 Å². The van der Waals surface area contributed by atoms with Gasteiger partial charge in [0.25, 0.3) is 0 Å². The maximum absolute atomic E-state index is 12.5. The number of aryl methyl sites for hydroxylation is 1. The van der Waals surface area contributed by atoms with E-state index in [1.807, 2.05) is 31.3 Å². The van der Waals surface area contributed by atoms with Crippen LogP contribution in [0.15, 0.2) is 24.4 Å². The number of aromatic nitrogens is 1. The van der Waals surface area contributed by atoms with E-state index >= 15 is 0 Å². The minimum absolute atomic E-state index is 0.0496. The van der Waals surface area contributed by atoms with Crippen LogP contribution in [-0.2, 0) is 20.7 Å². The molecule has 22 heavy (non-hydrogen) atoms. The number of carboxylic acids is 1. The first-order valence-electron chi connectivity index (χ1n) is 7.23. The number of hydrogen-bond donors (Lipinski definition) is 2. The van der Waals surface area contributed by atoms with Crippen molar-refractivity contribution >= 4 is 22.8 Å². The molecule has 6 heteroatoms. The van der Waals surface area contributed by atoms with Gasteiger partial charge in [-0.3, -0.25) is 4.79 Å². The van der Waals surface area contributed by atoms with E-state index < -0.39 is 12.0 Å². The molecule has 0 bridgehead atoms. The predicted molar refractivity (Wildman–Crippen MR) is 80.7 cm³/mol. The van der Waals surface area contributed by atoms with Gasteiger partial charge in [0.15, 0.2) is 6.04 Å². The Morgan fingerprint density at radius 1 is 1.45 bits per heavy atom. The summed E-state index contributed by atoms with van der Waals surface area (Å²) < 4.78 is 5.17. The first-order chi connectivity index (χ1) is 10.6. The molecule has 1 aliphatic heterocycles. The topological polar surface area (TPSA) is 82.6 Å². The molecule has 116 valence electrons. The van der Waals surface area contributed by atoms with Crippen molar-refractivity contribution in [2.75, 3.05) is 19.8 Å². The van der Waals surface area contributed by atoms with E-state index in [4.69, 9.17) is 4.74 Å². The fourth-order valence-electron chi connectivity index (χ4n) is 2.96. The molecule has 2 N–H and O–H groups in total. The Morgan fingerprint density at radius 2 is 2.27 bits per heavy atom. The first kappa shape index (κ1) is 14.6. The number of amides is 1. The Kier molecular flexibility index (Phi) is 3.85. The van der Waals surface area contributed by atoms with Crippen molar-refractivity contribution in [1.29, 1.82) is 0 Å². The van der Waals surface area contributed by atoms with E-state index in [9.17, 15) is 14.7 Å². The van der Waals surface area contributed by atoms with Gasteiger partial charge in [0, 0.05) is 23.6 Å². The van der Waals surface area contributed by atoms with Gasteiger partial charge in [0.1, 0.15) is 0 Å². The molecule has 3 rings (SSSR count). The fraction of sp³-hybridized carbons (Fsp3) is 0.375. The number of nitrogens with zero attached hydrogens (tertiary/aromatic N) is 1. The zero-order valence-corrected chi connectivity index (χ0v) is 12.3. The van der Waals surface area contributed by atoms with E-state index in [1.54, 1.807) is 0 Å². The highest BCUT2D eigenvalue weighted by atomic mass is 16.5. The number of aromatic amines is 1. The first-order valence-corrected chi connectivity index (χ1v) is 7.23. The van der Waals surface area contributed by atoms with Gasteiger partial charge in [-0.05, 0) is 24.1 Å². The highest BCUT2D eigenvalue weighted by molar-refractivity contribution is 5.92. The van der Waals surface area contributed by atoms with E-state index in [0.717, 1.165) is 22.0 Å². The lowest BCUT2D eigenvalue weighted by Gasteiger charge is -2.32. The van der Waals surface area contributed by atoms with Crippen molar-refractivity contribution in [3.05, 3.63) is 35.5 Å². The van der Waals surface area contributed by atoms with Crippen LogP contribution in [0.4, 0.5) is 0 Å². The number of H-pyrrole nitrogens is 1. The van der Waals surface area contributed by atoms with E-state index in [1.165, 1.54) is 4.90 Å². The summed E-state index contributed by atoms with van der Waals surface area (Å²) in [5.41, 5.74) is 2.98. The second-order valence-corrected chi connectivity index (χ2v) is 5.50. The number of aliphatic carboxylic acids is 1. The molecular formula is C16H18N2O4.